The van der Waals surface area contributed by atoms with Crippen molar-refractivity contribution in [2.75, 3.05) is 0 Å². The Labute approximate surface area is 288 Å². The van der Waals surface area contributed by atoms with Crippen LogP contribution in [0.2, 0.25) is 0 Å². The summed E-state index contributed by atoms with van der Waals surface area (Å²) >= 11 is 0. The number of benzene rings is 8. The van der Waals surface area contributed by atoms with E-state index in [2.05, 4.69) is 184 Å². The number of hydrogen-bond acceptors (Lipinski definition) is 2. The summed E-state index contributed by atoms with van der Waals surface area (Å²) < 4.78 is 4.71. The summed E-state index contributed by atoms with van der Waals surface area (Å²) in [6, 6.07) is 61.2. The van der Waals surface area contributed by atoms with Crippen LogP contribution in [0.15, 0.2) is 175 Å². The van der Waals surface area contributed by atoms with Crippen LogP contribution in [0, 0.1) is 0 Å². The molecule has 0 radical (unpaired) electrons. The quantitative estimate of drug-likeness (QED) is 0.188. The van der Waals surface area contributed by atoms with Crippen LogP contribution in [0.1, 0.15) is 17.2 Å². The van der Waals surface area contributed by atoms with Crippen molar-refractivity contribution in [3.63, 3.8) is 0 Å². The molecule has 11 rings (SSSR count). The summed E-state index contributed by atoms with van der Waals surface area (Å²) in [7, 11) is 0. The molecule has 1 aliphatic rings. The average Bonchev–Trinajstić information content (AvgIpc) is 3.71. The molecule has 2 aromatic heterocycles. The van der Waals surface area contributed by atoms with Crippen LogP contribution >= 0.6 is 0 Å². The molecule has 0 saturated carbocycles. The first kappa shape index (κ1) is 27.3. The van der Waals surface area contributed by atoms with Crippen LogP contribution in [0.3, 0.4) is 0 Å². The van der Waals surface area contributed by atoms with Gasteiger partial charge < -0.3 is 9.88 Å². The van der Waals surface area contributed by atoms with Crippen LogP contribution in [0.4, 0.5) is 5.69 Å². The van der Waals surface area contributed by atoms with Crippen molar-refractivity contribution in [3.05, 3.63) is 181 Å². The number of fused-ring (bicyclic) bond motifs is 12. The van der Waals surface area contributed by atoms with Crippen molar-refractivity contribution in [3.8, 4) is 5.69 Å². The molecule has 8 aromatic carbocycles. The number of aliphatic imine (C=N–C) groups is 1. The number of hydrogen-bond donors (Lipinski definition) is 1. The van der Waals surface area contributed by atoms with Crippen molar-refractivity contribution in [2.45, 2.75) is 6.04 Å². The number of nitrogens with zero attached hydrogens (tertiary/aromatic N) is 3. The summed E-state index contributed by atoms with van der Waals surface area (Å²) in [5.41, 5.74) is 9.26. The summed E-state index contributed by atoms with van der Waals surface area (Å²) in [6.07, 6.45) is 0. The Balaban J connectivity index is 1.18. The van der Waals surface area contributed by atoms with Gasteiger partial charge in [-0.05, 0) is 69.6 Å². The Kier molecular flexibility index (Phi) is 5.69. The van der Waals surface area contributed by atoms with Gasteiger partial charge >= 0.3 is 0 Å². The lowest BCUT2D eigenvalue weighted by Crippen LogP contribution is -2.36. The van der Waals surface area contributed by atoms with E-state index in [4.69, 9.17) is 4.99 Å². The molecule has 1 N–H and O–H groups in total. The van der Waals surface area contributed by atoms with Crippen LogP contribution in [-0.2, 0) is 0 Å². The highest BCUT2D eigenvalue weighted by molar-refractivity contribution is 6.31. The van der Waals surface area contributed by atoms with Crippen molar-refractivity contribution in [1.82, 2.24) is 14.5 Å². The Morgan fingerprint density at radius 2 is 0.920 bits per heavy atom. The highest BCUT2D eigenvalue weighted by Gasteiger charge is 2.27. The lowest BCUT2D eigenvalue weighted by molar-refractivity contribution is 0.731. The molecule has 3 heterocycles. The Morgan fingerprint density at radius 1 is 0.400 bits per heavy atom. The minimum atomic E-state index is -0.0130. The normalized spacial score (nSPS) is 14.5. The van der Waals surface area contributed by atoms with E-state index in [9.17, 15) is 0 Å². The maximum atomic E-state index is 5.25. The molecular formula is C46H30N4. The van der Waals surface area contributed by atoms with Crippen LogP contribution in [0.5, 0.6) is 0 Å². The van der Waals surface area contributed by atoms with E-state index in [1.807, 2.05) is 0 Å². The van der Waals surface area contributed by atoms with E-state index in [1.165, 1.54) is 70.9 Å². The summed E-state index contributed by atoms with van der Waals surface area (Å²) in [5, 5.41) is 13.9. The number of para-hydroxylation sites is 4. The van der Waals surface area contributed by atoms with E-state index >= 15 is 0 Å². The first-order chi connectivity index (χ1) is 24.8. The predicted octanol–water partition coefficient (Wildman–Crippen LogP) is 11.4. The highest BCUT2D eigenvalue weighted by Crippen LogP contribution is 2.43. The van der Waals surface area contributed by atoms with Gasteiger partial charge in [-0.25, -0.2) is 4.99 Å². The van der Waals surface area contributed by atoms with Gasteiger partial charge in [-0.15, -0.1) is 0 Å². The molecule has 0 bridgehead atoms. The van der Waals surface area contributed by atoms with Gasteiger partial charge in [0.1, 0.15) is 0 Å². The fraction of sp³-hybridized carbons (Fsp3) is 0.0217. The molecule has 1 unspecified atom stereocenters. The molecule has 50 heavy (non-hydrogen) atoms. The lowest BCUT2D eigenvalue weighted by atomic mass is 9.95. The standard InChI is InChI=1S/C46H30N4/c1-3-13-29(14-4-1)45-35-17-7-10-20-38(35)47-46(48-45)50-40-22-12-9-19-37(40)44-34-24-23-33-31(32(34)26-28-42(44)50)25-27-41-43(33)36-18-8-11-21-39(36)49(41)30-15-5-2-6-16-30/h1-28,45H,(H,47,48). The third-order valence-corrected chi connectivity index (χ3v) is 10.6. The average molecular weight is 639 g/mol. The fourth-order valence-electron chi connectivity index (χ4n) is 8.45. The van der Waals surface area contributed by atoms with Gasteiger partial charge in [0.2, 0.25) is 5.96 Å². The van der Waals surface area contributed by atoms with Crippen molar-refractivity contribution < 1.29 is 0 Å². The van der Waals surface area contributed by atoms with E-state index in [0.717, 1.165) is 22.7 Å². The molecule has 234 valence electrons. The second-order valence-corrected chi connectivity index (χ2v) is 13.2. The van der Waals surface area contributed by atoms with Gasteiger partial charge in [-0.1, -0.05) is 127 Å². The largest absolute Gasteiger partial charge is 0.344 e. The molecular weight excluding hydrogens is 609 g/mol. The lowest BCUT2D eigenvalue weighted by Gasteiger charge is -2.28. The van der Waals surface area contributed by atoms with Crippen LogP contribution < -0.4 is 5.32 Å². The van der Waals surface area contributed by atoms with Crippen molar-refractivity contribution in [1.29, 1.82) is 0 Å². The van der Waals surface area contributed by atoms with E-state index in [0.29, 0.717) is 0 Å². The molecule has 10 aromatic rings. The molecule has 4 heteroatoms. The smallest absolute Gasteiger partial charge is 0.209 e. The van der Waals surface area contributed by atoms with Gasteiger partial charge in [0.15, 0.2) is 0 Å². The van der Waals surface area contributed by atoms with Gasteiger partial charge in [0, 0.05) is 32.8 Å². The monoisotopic (exact) mass is 638 g/mol. The number of rotatable bonds is 2. The molecule has 4 nitrogen and oxygen atoms in total. The second-order valence-electron chi connectivity index (χ2n) is 13.2. The molecule has 0 aliphatic carbocycles. The third kappa shape index (κ3) is 3.79. The molecule has 1 aliphatic heterocycles. The first-order valence-corrected chi connectivity index (χ1v) is 17.2. The molecule has 0 spiro atoms. The fourth-order valence-corrected chi connectivity index (χ4v) is 8.45. The zero-order chi connectivity index (χ0) is 32.8. The van der Waals surface area contributed by atoms with E-state index < -0.39 is 0 Å². The SMILES string of the molecule is c1ccc(C2NC(n3c4ccccc4c4c5ccc6c(ccc7c6c6ccccc6n7-c6ccccc6)c5ccc43)=Nc3ccccc32)cc1. The van der Waals surface area contributed by atoms with Gasteiger partial charge in [0.25, 0.3) is 0 Å². The molecule has 0 saturated heterocycles. The minimum absolute atomic E-state index is 0.0130. The number of nitrogens with one attached hydrogen (secondary N) is 1. The van der Waals surface area contributed by atoms with Crippen LogP contribution in [0.25, 0.3) is 70.8 Å². The highest BCUT2D eigenvalue weighted by atomic mass is 15.2. The summed E-state index contributed by atoms with van der Waals surface area (Å²) in [5.74, 6) is 0.833. The Morgan fingerprint density at radius 3 is 1.60 bits per heavy atom. The van der Waals surface area contributed by atoms with E-state index in [1.54, 1.807) is 0 Å². The summed E-state index contributed by atoms with van der Waals surface area (Å²) in [4.78, 5) is 5.25. The first-order valence-electron chi connectivity index (χ1n) is 17.2. The Bertz CT molecular complexity index is 3000. The van der Waals surface area contributed by atoms with E-state index in [-0.39, 0.29) is 6.04 Å². The maximum absolute atomic E-state index is 5.25. The molecule has 0 amide bonds. The Hall–Kier alpha value is -6.65. The zero-order valence-corrected chi connectivity index (χ0v) is 27.1. The van der Waals surface area contributed by atoms with Crippen molar-refractivity contribution in [2.24, 2.45) is 4.99 Å². The molecule has 0 fully saturated rings. The predicted molar refractivity (Wildman–Crippen MR) is 209 cm³/mol. The zero-order valence-electron chi connectivity index (χ0n) is 27.1. The molecule has 1 atom stereocenters. The van der Waals surface area contributed by atoms with Gasteiger partial charge in [-0.3, -0.25) is 4.57 Å². The maximum Gasteiger partial charge on any atom is 0.209 e. The number of aromatic nitrogens is 2. The second kappa shape index (κ2) is 10.4. The minimum Gasteiger partial charge on any atom is -0.344 e. The van der Waals surface area contributed by atoms with Crippen LogP contribution in [-0.4, -0.2) is 15.1 Å². The van der Waals surface area contributed by atoms with Crippen molar-refractivity contribution >= 4 is 76.8 Å². The van der Waals surface area contributed by atoms with Gasteiger partial charge in [0.05, 0.1) is 33.8 Å². The summed E-state index contributed by atoms with van der Waals surface area (Å²) in [6.45, 7) is 0. The topological polar surface area (TPSA) is 34.2 Å². The van der Waals surface area contributed by atoms with Gasteiger partial charge in [-0.2, -0.15) is 0 Å². The third-order valence-electron chi connectivity index (χ3n) is 10.6.